The highest BCUT2D eigenvalue weighted by Crippen LogP contribution is 2.17. The van der Waals surface area contributed by atoms with E-state index in [0.29, 0.717) is 18.5 Å². The van der Waals surface area contributed by atoms with E-state index in [9.17, 15) is 4.79 Å². The molecule has 1 aliphatic rings. The van der Waals surface area contributed by atoms with Crippen LogP contribution in [0.5, 0.6) is 0 Å². The molecule has 0 spiro atoms. The molecule has 2 heterocycles. The quantitative estimate of drug-likeness (QED) is 0.812. The second-order valence-corrected chi connectivity index (χ2v) is 7.60. The Balaban J connectivity index is 1.56. The Kier molecular flexibility index (Phi) is 6.87. The third-order valence-electron chi connectivity index (χ3n) is 5.22. The van der Waals surface area contributed by atoms with Crippen molar-refractivity contribution >= 4 is 11.7 Å². The van der Waals surface area contributed by atoms with Crippen LogP contribution >= 0.6 is 0 Å². The first-order chi connectivity index (χ1) is 13.1. The van der Waals surface area contributed by atoms with E-state index < -0.39 is 0 Å². The molecule has 0 bridgehead atoms. The van der Waals surface area contributed by atoms with Crippen molar-refractivity contribution in [2.75, 3.05) is 25.0 Å². The van der Waals surface area contributed by atoms with Gasteiger partial charge in [-0.25, -0.2) is 9.48 Å². The second-order valence-electron chi connectivity index (χ2n) is 7.60. The number of likely N-dealkylation sites (tertiary alicyclic amines) is 1. The number of urea groups is 1. The summed E-state index contributed by atoms with van der Waals surface area (Å²) in [5.74, 6) is 0.506. The van der Waals surface area contributed by atoms with Gasteiger partial charge in [0.2, 0.25) is 0 Å². The first-order valence-electron chi connectivity index (χ1n) is 10.0. The van der Waals surface area contributed by atoms with Gasteiger partial charge < -0.3 is 10.6 Å². The van der Waals surface area contributed by atoms with Gasteiger partial charge in [0.25, 0.3) is 0 Å². The Morgan fingerprint density at radius 2 is 1.93 bits per heavy atom. The van der Waals surface area contributed by atoms with E-state index in [0.717, 1.165) is 24.5 Å². The number of aromatic nitrogens is 2. The average molecular weight is 370 g/mol. The summed E-state index contributed by atoms with van der Waals surface area (Å²) in [6.45, 7) is 7.42. The summed E-state index contributed by atoms with van der Waals surface area (Å²) in [4.78, 5) is 15.0. The van der Waals surface area contributed by atoms with Crippen molar-refractivity contribution in [1.82, 2.24) is 20.0 Å². The third kappa shape index (κ3) is 5.57. The van der Waals surface area contributed by atoms with E-state index in [1.54, 1.807) is 10.9 Å². The van der Waals surface area contributed by atoms with Crippen molar-refractivity contribution in [1.29, 1.82) is 0 Å². The highest BCUT2D eigenvalue weighted by atomic mass is 16.2. The molecule has 2 amide bonds. The molecule has 6 heteroatoms. The lowest BCUT2D eigenvalue weighted by Crippen LogP contribution is -2.48. The highest BCUT2D eigenvalue weighted by molar-refractivity contribution is 5.89. The number of carbonyl (C=O) groups is 1. The molecule has 2 N–H and O–H groups in total. The Bertz CT molecular complexity index is 705. The molecule has 0 radical (unpaired) electrons. The lowest BCUT2D eigenvalue weighted by atomic mass is 10.0. The summed E-state index contributed by atoms with van der Waals surface area (Å²) >= 11 is 0. The van der Waals surface area contributed by atoms with Crippen molar-refractivity contribution in [3.8, 4) is 5.69 Å². The zero-order valence-electron chi connectivity index (χ0n) is 16.4. The molecule has 1 fully saturated rings. The molecule has 0 aliphatic carbocycles. The minimum atomic E-state index is -0.159. The molecule has 27 heavy (non-hydrogen) atoms. The van der Waals surface area contributed by atoms with Gasteiger partial charge in [0.05, 0.1) is 5.69 Å². The van der Waals surface area contributed by atoms with E-state index >= 15 is 0 Å². The maximum atomic E-state index is 12.4. The van der Waals surface area contributed by atoms with E-state index in [2.05, 4.69) is 34.5 Å². The molecule has 3 rings (SSSR count). The number of nitrogens with one attached hydrogen (secondary N) is 2. The standard InChI is InChI=1S/C21H31N5O/c1-17(2)20(25-12-5-3-4-6-13-25)16-22-21(27)24-18-9-7-10-19(15-18)26-14-8-11-23-26/h7-11,14-15,17,20H,3-6,12-13,16H2,1-2H3,(H2,22,24,27)/t20-/m0/s1. The van der Waals surface area contributed by atoms with Crippen molar-refractivity contribution in [2.24, 2.45) is 5.92 Å². The first-order valence-corrected chi connectivity index (χ1v) is 10.0. The fourth-order valence-corrected chi connectivity index (χ4v) is 3.73. The lowest BCUT2D eigenvalue weighted by molar-refractivity contribution is 0.158. The Morgan fingerprint density at radius 1 is 1.15 bits per heavy atom. The van der Waals surface area contributed by atoms with Crippen LogP contribution in [0, 0.1) is 5.92 Å². The summed E-state index contributed by atoms with van der Waals surface area (Å²) < 4.78 is 1.78. The number of amides is 2. The fourth-order valence-electron chi connectivity index (χ4n) is 3.73. The van der Waals surface area contributed by atoms with Crippen LogP contribution in [0.3, 0.4) is 0 Å². The summed E-state index contributed by atoms with van der Waals surface area (Å²) in [7, 11) is 0. The Morgan fingerprint density at radius 3 is 2.59 bits per heavy atom. The number of benzene rings is 1. The van der Waals surface area contributed by atoms with E-state index in [4.69, 9.17) is 0 Å². The summed E-state index contributed by atoms with van der Waals surface area (Å²) in [6, 6.07) is 9.78. The van der Waals surface area contributed by atoms with Gasteiger partial charge in [-0.05, 0) is 56.1 Å². The van der Waals surface area contributed by atoms with Crippen molar-refractivity contribution < 1.29 is 4.79 Å². The fraction of sp³-hybridized carbons (Fsp3) is 0.524. The van der Waals surface area contributed by atoms with Gasteiger partial charge in [-0.15, -0.1) is 0 Å². The molecule has 0 saturated carbocycles. The third-order valence-corrected chi connectivity index (χ3v) is 5.22. The minimum absolute atomic E-state index is 0.159. The monoisotopic (exact) mass is 369 g/mol. The van der Waals surface area contributed by atoms with Crippen molar-refractivity contribution in [2.45, 2.75) is 45.6 Å². The number of anilines is 1. The van der Waals surface area contributed by atoms with Crippen LogP contribution in [0.2, 0.25) is 0 Å². The van der Waals surface area contributed by atoms with Crippen LogP contribution in [-0.4, -0.2) is 46.4 Å². The summed E-state index contributed by atoms with van der Waals surface area (Å²) in [5.41, 5.74) is 1.68. The topological polar surface area (TPSA) is 62.2 Å². The molecule has 1 aromatic carbocycles. The van der Waals surface area contributed by atoms with Crippen molar-refractivity contribution in [3.05, 3.63) is 42.7 Å². The van der Waals surface area contributed by atoms with Crippen LogP contribution in [-0.2, 0) is 0 Å². The Labute approximate surface area is 161 Å². The maximum absolute atomic E-state index is 12.4. The van der Waals surface area contributed by atoms with Crippen LogP contribution in [0.25, 0.3) is 5.69 Å². The second kappa shape index (κ2) is 9.55. The van der Waals surface area contributed by atoms with Crippen LogP contribution in [0.15, 0.2) is 42.7 Å². The van der Waals surface area contributed by atoms with Gasteiger partial charge in [0, 0.05) is 30.7 Å². The van der Waals surface area contributed by atoms with Gasteiger partial charge in [-0.1, -0.05) is 32.8 Å². The predicted octanol–water partition coefficient (Wildman–Crippen LogP) is 3.89. The van der Waals surface area contributed by atoms with Crippen LogP contribution in [0.4, 0.5) is 10.5 Å². The molecule has 2 aromatic rings. The lowest BCUT2D eigenvalue weighted by Gasteiger charge is -2.33. The SMILES string of the molecule is CC(C)[C@H](CNC(=O)Nc1cccc(-n2cccn2)c1)N1CCCCCC1. The van der Waals surface area contributed by atoms with Gasteiger partial charge in [-0.2, -0.15) is 5.10 Å². The zero-order valence-corrected chi connectivity index (χ0v) is 16.4. The van der Waals surface area contributed by atoms with Crippen LogP contribution in [0.1, 0.15) is 39.5 Å². The minimum Gasteiger partial charge on any atom is -0.336 e. The molecular formula is C21H31N5O. The van der Waals surface area contributed by atoms with Gasteiger partial charge in [-0.3, -0.25) is 4.90 Å². The molecule has 1 saturated heterocycles. The van der Waals surface area contributed by atoms with E-state index in [-0.39, 0.29) is 6.03 Å². The normalized spacial score (nSPS) is 16.7. The molecule has 1 aromatic heterocycles. The summed E-state index contributed by atoms with van der Waals surface area (Å²) in [5, 5.41) is 10.2. The van der Waals surface area contributed by atoms with Crippen LogP contribution < -0.4 is 10.6 Å². The highest BCUT2D eigenvalue weighted by Gasteiger charge is 2.23. The Hall–Kier alpha value is -2.34. The number of carbonyl (C=O) groups excluding carboxylic acids is 1. The van der Waals surface area contributed by atoms with E-state index in [1.807, 2.05) is 36.5 Å². The first kappa shape index (κ1) is 19.4. The van der Waals surface area contributed by atoms with Crippen molar-refractivity contribution in [3.63, 3.8) is 0 Å². The molecule has 146 valence electrons. The average Bonchev–Trinajstić information content (AvgIpc) is 3.06. The van der Waals surface area contributed by atoms with E-state index in [1.165, 1.54) is 25.7 Å². The molecule has 6 nitrogen and oxygen atoms in total. The van der Waals surface area contributed by atoms with Gasteiger partial charge in [0.15, 0.2) is 0 Å². The number of rotatable bonds is 6. The zero-order chi connectivity index (χ0) is 19.1. The number of hydrogen-bond donors (Lipinski definition) is 2. The maximum Gasteiger partial charge on any atom is 0.319 e. The van der Waals surface area contributed by atoms with Gasteiger partial charge in [0.1, 0.15) is 0 Å². The summed E-state index contributed by atoms with van der Waals surface area (Å²) in [6.07, 6.45) is 8.78. The predicted molar refractivity (Wildman–Crippen MR) is 109 cm³/mol. The molecule has 1 atom stereocenters. The molecular weight excluding hydrogens is 338 g/mol. The smallest absolute Gasteiger partial charge is 0.319 e. The number of hydrogen-bond acceptors (Lipinski definition) is 3. The van der Waals surface area contributed by atoms with Gasteiger partial charge >= 0.3 is 6.03 Å². The largest absolute Gasteiger partial charge is 0.336 e. The number of nitrogens with zero attached hydrogens (tertiary/aromatic N) is 3. The molecule has 1 aliphatic heterocycles. The molecule has 0 unspecified atom stereocenters.